The third-order valence-corrected chi connectivity index (χ3v) is 4.34. The number of carbonyl (C=O) groups excluding carboxylic acids is 2. The number of nitrogens with zero attached hydrogens (tertiary/aromatic N) is 3. The first kappa shape index (κ1) is 15.5. The van der Waals surface area contributed by atoms with E-state index in [1.54, 1.807) is 6.08 Å². The van der Waals surface area contributed by atoms with Crippen LogP contribution in [0.1, 0.15) is 5.56 Å². The predicted molar refractivity (Wildman–Crippen MR) is 89.3 cm³/mol. The van der Waals surface area contributed by atoms with Crippen LogP contribution >= 0.6 is 0 Å². The van der Waals surface area contributed by atoms with E-state index in [0.29, 0.717) is 11.3 Å². The van der Waals surface area contributed by atoms with Crippen molar-refractivity contribution >= 4 is 17.4 Å². The van der Waals surface area contributed by atoms with Crippen molar-refractivity contribution in [1.82, 2.24) is 14.7 Å². The van der Waals surface area contributed by atoms with Crippen molar-refractivity contribution in [2.75, 3.05) is 39.8 Å². The largest absolute Gasteiger partial charge is 0.364 e. The molecule has 1 saturated heterocycles. The molecule has 0 unspecified atom stereocenters. The summed E-state index contributed by atoms with van der Waals surface area (Å²) in [6, 6.07) is 9.44. The highest BCUT2D eigenvalue weighted by Gasteiger charge is 2.41. The molecule has 0 aliphatic carbocycles. The van der Waals surface area contributed by atoms with Gasteiger partial charge < -0.3 is 9.80 Å². The second kappa shape index (κ2) is 6.38. The lowest BCUT2D eigenvalue weighted by molar-refractivity contribution is -0.137. The zero-order chi connectivity index (χ0) is 16.4. The number of hydrogen-bond donors (Lipinski definition) is 0. The highest BCUT2D eigenvalue weighted by atomic mass is 16.2. The van der Waals surface area contributed by atoms with Crippen molar-refractivity contribution in [3.05, 3.63) is 54.2 Å². The van der Waals surface area contributed by atoms with Crippen LogP contribution in [0.3, 0.4) is 0 Å². The number of piperazine rings is 1. The number of benzene rings is 1. The van der Waals surface area contributed by atoms with E-state index in [2.05, 4.69) is 18.5 Å². The lowest BCUT2D eigenvalue weighted by Crippen LogP contribution is -2.46. The molecule has 0 aromatic heterocycles. The van der Waals surface area contributed by atoms with E-state index in [1.165, 1.54) is 4.90 Å². The van der Waals surface area contributed by atoms with Crippen LogP contribution in [0.15, 0.2) is 48.7 Å². The van der Waals surface area contributed by atoms with Gasteiger partial charge in [-0.05, 0) is 12.6 Å². The SMILES string of the molecule is C=CCN1C(=O)C(c2ccccc2)=C(N2CCN(C)CC2)C1=O. The van der Waals surface area contributed by atoms with E-state index >= 15 is 0 Å². The molecule has 0 bridgehead atoms. The molecule has 2 heterocycles. The Balaban J connectivity index is 2.04. The minimum Gasteiger partial charge on any atom is -0.364 e. The molecular weight excluding hydrogens is 290 g/mol. The van der Waals surface area contributed by atoms with Crippen molar-refractivity contribution in [1.29, 1.82) is 0 Å². The highest BCUT2D eigenvalue weighted by molar-refractivity contribution is 6.35. The smallest absolute Gasteiger partial charge is 0.278 e. The van der Waals surface area contributed by atoms with Crippen LogP contribution < -0.4 is 0 Å². The summed E-state index contributed by atoms with van der Waals surface area (Å²) in [5.74, 6) is -0.437. The van der Waals surface area contributed by atoms with E-state index in [1.807, 2.05) is 35.2 Å². The van der Waals surface area contributed by atoms with Gasteiger partial charge in [-0.1, -0.05) is 36.4 Å². The van der Waals surface area contributed by atoms with Crippen molar-refractivity contribution < 1.29 is 9.59 Å². The average molecular weight is 311 g/mol. The van der Waals surface area contributed by atoms with Gasteiger partial charge in [-0.3, -0.25) is 14.5 Å². The molecular formula is C18H21N3O2. The van der Waals surface area contributed by atoms with Gasteiger partial charge in [0.1, 0.15) is 5.70 Å². The molecule has 2 aliphatic rings. The molecule has 0 N–H and O–H groups in total. The molecule has 23 heavy (non-hydrogen) atoms. The third-order valence-electron chi connectivity index (χ3n) is 4.34. The Morgan fingerprint density at radius 3 is 2.30 bits per heavy atom. The summed E-state index contributed by atoms with van der Waals surface area (Å²) in [4.78, 5) is 31.2. The van der Waals surface area contributed by atoms with E-state index < -0.39 is 0 Å². The molecule has 0 radical (unpaired) electrons. The molecule has 0 atom stereocenters. The van der Waals surface area contributed by atoms with Crippen LogP contribution in [0.25, 0.3) is 5.57 Å². The zero-order valence-electron chi connectivity index (χ0n) is 13.4. The number of imide groups is 1. The highest BCUT2D eigenvalue weighted by Crippen LogP contribution is 2.31. The quantitative estimate of drug-likeness (QED) is 0.619. The zero-order valence-corrected chi connectivity index (χ0v) is 13.4. The predicted octanol–water partition coefficient (Wildman–Crippen LogP) is 1.20. The summed E-state index contributed by atoms with van der Waals surface area (Å²) in [5, 5.41) is 0. The summed E-state index contributed by atoms with van der Waals surface area (Å²) >= 11 is 0. The second-order valence-electron chi connectivity index (χ2n) is 5.89. The van der Waals surface area contributed by atoms with Gasteiger partial charge in [0.25, 0.3) is 11.8 Å². The fraction of sp³-hybridized carbons (Fsp3) is 0.333. The van der Waals surface area contributed by atoms with Crippen LogP contribution in [-0.4, -0.2) is 66.3 Å². The number of rotatable bonds is 4. The monoisotopic (exact) mass is 311 g/mol. The topological polar surface area (TPSA) is 43.9 Å². The van der Waals surface area contributed by atoms with Crippen LogP contribution in [-0.2, 0) is 9.59 Å². The summed E-state index contributed by atoms with van der Waals surface area (Å²) in [6.07, 6.45) is 1.59. The summed E-state index contributed by atoms with van der Waals surface area (Å²) < 4.78 is 0. The second-order valence-corrected chi connectivity index (χ2v) is 5.89. The van der Waals surface area contributed by atoms with Gasteiger partial charge >= 0.3 is 0 Å². The first-order chi connectivity index (χ1) is 11.1. The molecule has 1 aromatic carbocycles. The van der Waals surface area contributed by atoms with Crippen LogP contribution in [0.2, 0.25) is 0 Å². The maximum atomic E-state index is 12.8. The fourth-order valence-electron chi connectivity index (χ4n) is 3.05. The van der Waals surface area contributed by atoms with E-state index in [-0.39, 0.29) is 18.4 Å². The summed E-state index contributed by atoms with van der Waals surface area (Å²) in [5.41, 5.74) is 1.85. The maximum absolute atomic E-state index is 12.8. The number of carbonyl (C=O) groups is 2. The summed E-state index contributed by atoms with van der Waals surface area (Å²) in [6.45, 7) is 7.17. The van der Waals surface area contributed by atoms with Crippen molar-refractivity contribution in [3.8, 4) is 0 Å². The van der Waals surface area contributed by atoms with Crippen molar-refractivity contribution in [3.63, 3.8) is 0 Å². The molecule has 1 aromatic rings. The van der Waals surface area contributed by atoms with Gasteiger partial charge in [0, 0.05) is 32.7 Å². The Bertz CT molecular complexity index is 658. The number of hydrogen-bond acceptors (Lipinski definition) is 4. The van der Waals surface area contributed by atoms with Gasteiger partial charge in [0.15, 0.2) is 0 Å². The Kier molecular flexibility index (Phi) is 4.30. The van der Waals surface area contributed by atoms with Gasteiger partial charge in [-0.25, -0.2) is 0 Å². The molecule has 0 spiro atoms. The molecule has 1 fully saturated rings. The molecule has 120 valence electrons. The third kappa shape index (κ3) is 2.80. The maximum Gasteiger partial charge on any atom is 0.278 e. The Labute approximate surface area is 136 Å². The summed E-state index contributed by atoms with van der Waals surface area (Å²) in [7, 11) is 2.06. The fourth-order valence-corrected chi connectivity index (χ4v) is 3.05. The molecule has 2 amide bonds. The molecule has 0 saturated carbocycles. The first-order valence-electron chi connectivity index (χ1n) is 7.83. The Hall–Kier alpha value is -2.40. The van der Waals surface area contributed by atoms with E-state index in [9.17, 15) is 9.59 Å². The van der Waals surface area contributed by atoms with Gasteiger partial charge in [0.2, 0.25) is 0 Å². The minimum absolute atomic E-state index is 0.210. The van der Waals surface area contributed by atoms with Crippen LogP contribution in [0.5, 0.6) is 0 Å². The normalized spacial score (nSPS) is 19.7. The Morgan fingerprint density at radius 1 is 1.04 bits per heavy atom. The van der Waals surface area contributed by atoms with Gasteiger partial charge in [-0.15, -0.1) is 6.58 Å². The molecule has 2 aliphatic heterocycles. The number of amides is 2. The first-order valence-corrected chi connectivity index (χ1v) is 7.83. The van der Waals surface area contributed by atoms with E-state index in [0.717, 1.165) is 31.7 Å². The molecule has 3 rings (SSSR count). The Morgan fingerprint density at radius 2 is 1.70 bits per heavy atom. The van der Waals surface area contributed by atoms with Crippen LogP contribution in [0, 0.1) is 0 Å². The van der Waals surface area contributed by atoms with Gasteiger partial charge in [-0.2, -0.15) is 0 Å². The standard InChI is InChI=1S/C18H21N3O2/c1-3-9-21-17(22)15(14-7-5-4-6-8-14)16(18(21)23)20-12-10-19(2)11-13-20/h3-8H,1,9-13H2,2H3. The molecule has 5 heteroatoms. The van der Waals surface area contributed by atoms with Crippen LogP contribution in [0.4, 0.5) is 0 Å². The van der Waals surface area contributed by atoms with Crippen molar-refractivity contribution in [2.45, 2.75) is 0 Å². The van der Waals surface area contributed by atoms with Gasteiger partial charge in [0.05, 0.1) is 5.57 Å². The molecule has 5 nitrogen and oxygen atoms in total. The van der Waals surface area contributed by atoms with E-state index in [4.69, 9.17) is 0 Å². The lowest BCUT2D eigenvalue weighted by atomic mass is 10.0. The van der Waals surface area contributed by atoms with Crippen molar-refractivity contribution in [2.24, 2.45) is 0 Å². The number of likely N-dealkylation sites (N-methyl/N-ethyl adjacent to an activating group) is 1. The lowest BCUT2D eigenvalue weighted by Gasteiger charge is -2.34. The average Bonchev–Trinajstić information content (AvgIpc) is 2.81. The minimum atomic E-state index is -0.227.